The van der Waals surface area contributed by atoms with E-state index in [-0.39, 0.29) is 35.4 Å². The number of phosphoric acid groups is 1. The van der Waals surface area contributed by atoms with Crippen molar-refractivity contribution in [3.05, 3.63) is 30.0 Å². The van der Waals surface area contributed by atoms with Gasteiger partial charge in [-0.3, -0.25) is 14.1 Å². The second-order valence-corrected chi connectivity index (χ2v) is 12.7. The monoisotopic (exact) mass is 638 g/mol. The summed E-state index contributed by atoms with van der Waals surface area (Å²) in [5, 5.41) is 6.00. The van der Waals surface area contributed by atoms with E-state index in [0.29, 0.717) is 42.7 Å². The maximum Gasteiger partial charge on any atom is 0.469 e. The molecule has 5 rings (SSSR count). The fourth-order valence-corrected chi connectivity index (χ4v) is 6.71. The van der Waals surface area contributed by atoms with E-state index in [0.717, 1.165) is 37.0 Å². The Labute approximate surface area is 253 Å². The molecular weight excluding hydrogens is 601 g/mol. The summed E-state index contributed by atoms with van der Waals surface area (Å²) in [6.45, 7) is -0.768. The number of halogens is 2. The number of methoxy groups -OCH3 is 1. The van der Waals surface area contributed by atoms with Crippen molar-refractivity contribution in [1.82, 2.24) is 15.3 Å². The number of carbonyl (C=O) groups is 2. The number of fused-ring (bicyclic) bond motifs is 1. The number of rotatable bonds is 8. The number of alkyl halides is 2. The number of amides is 2. The maximum absolute atomic E-state index is 15.0. The average Bonchev–Trinajstić information content (AvgIpc) is 3.06. The number of phosphoric ester groups is 1. The molecule has 0 atom stereocenters. The highest BCUT2D eigenvalue weighted by atomic mass is 31.2. The molecule has 0 bridgehead atoms. The number of nitrogens with one attached hydrogen (secondary N) is 2. The molecule has 0 radical (unpaired) electrons. The number of hydrogen-bond acceptors (Lipinski definition) is 9. The van der Waals surface area contributed by atoms with Crippen molar-refractivity contribution in [3.63, 3.8) is 0 Å². The molecule has 2 saturated carbocycles. The van der Waals surface area contributed by atoms with Crippen molar-refractivity contribution < 1.29 is 42.0 Å². The van der Waals surface area contributed by atoms with Gasteiger partial charge in [-0.25, -0.2) is 9.55 Å². The first-order valence-electron chi connectivity index (χ1n) is 14.6. The molecule has 2 aromatic rings. The second-order valence-electron chi connectivity index (χ2n) is 11.5. The molecule has 2 amide bonds. The standard InChI is InChI=1S/C28H37F2N6O7P/c1-35-22-15-31-27(34-24(22)36(16-28(29,30)26(35)38)19-6-4-3-5-7-19)33-21-13-8-17(14-23(21)42-2)25(37)32-18-9-11-20(12-10-18)43-44(39,40)41/h8,13-15,18-20H,3-7,9-12,16H2,1-2H3,(H,32,37)(H,31,33,34)(H2,39,40,41)/t18-,20-. The third-order valence-corrected chi connectivity index (χ3v) is 8.96. The molecule has 16 heteroatoms. The highest BCUT2D eigenvalue weighted by Crippen LogP contribution is 2.42. The lowest BCUT2D eigenvalue weighted by molar-refractivity contribution is -0.140. The normalized spacial score (nSPS) is 22.6. The minimum Gasteiger partial charge on any atom is -0.495 e. The first-order chi connectivity index (χ1) is 20.8. The number of hydrogen-bond donors (Lipinski definition) is 4. The summed E-state index contributed by atoms with van der Waals surface area (Å²) in [5.41, 5.74) is 0.964. The molecule has 2 fully saturated rings. The third-order valence-electron chi connectivity index (χ3n) is 8.39. The highest BCUT2D eigenvalue weighted by Gasteiger charge is 2.48. The number of aromatic nitrogens is 2. The van der Waals surface area contributed by atoms with Gasteiger partial charge in [0, 0.05) is 24.7 Å². The third kappa shape index (κ3) is 7.28. The fraction of sp³-hybridized carbons (Fsp3) is 0.571. The zero-order chi connectivity index (χ0) is 31.6. The van der Waals surface area contributed by atoms with Crippen LogP contribution in [-0.4, -0.2) is 76.4 Å². The van der Waals surface area contributed by atoms with E-state index in [1.54, 1.807) is 23.1 Å². The Balaban J connectivity index is 1.32. The Morgan fingerprint density at radius 1 is 1.11 bits per heavy atom. The molecule has 0 saturated heterocycles. The minimum absolute atomic E-state index is 0.111. The van der Waals surface area contributed by atoms with Gasteiger partial charge in [0.25, 0.3) is 11.8 Å². The summed E-state index contributed by atoms with van der Waals surface area (Å²) < 4.78 is 51.3. The van der Waals surface area contributed by atoms with Gasteiger partial charge in [-0.2, -0.15) is 13.8 Å². The van der Waals surface area contributed by atoms with Crippen LogP contribution in [-0.2, 0) is 13.9 Å². The SMILES string of the molecule is COc1cc(C(=O)N[C@H]2CC[C@H](OP(=O)(O)O)CC2)ccc1Nc1ncc2c(n1)N(C1CCCCC1)CC(F)(F)C(=O)N2C. The lowest BCUT2D eigenvalue weighted by Gasteiger charge is -2.35. The lowest BCUT2D eigenvalue weighted by atomic mass is 9.93. The van der Waals surface area contributed by atoms with Crippen LogP contribution in [0.15, 0.2) is 24.4 Å². The predicted molar refractivity (Wildman–Crippen MR) is 158 cm³/mol. The Morgan fingerprint density at radius 2 is 1.82 bits per heavy atom. The first-order valence-corrected chi connectivity index (χ1v) is 16.2. The van der Waals surface area contributed by atoms with E-state index >= 15 is 0 Å². The molecule has 44 heavy (non-hydrogen) atoms. The molecule has 240 valence electrons. The van der Waals surface area contributed by atoms with E-state index in [1.807, 2.05) is 0 Å². The van der Waals surface area contributed by atoms with Crippen LogP contribution in [0.2, 0.25) is 0 Å². The summed E-state index contributed by atoms with van der Waals surface area (Å²) in [5.74, 6) is -4.56. The average molecular weight is 639 g/mol. The molecule has 0 spiro atoms. The molecule has 3 aliphatic rings. The van der Waals surface area contributed by atoms with Crippen LogP contribution < -0.4 is 25.2 Å². The van der Waals surface area contributed by atoms with Gasteiger partial charge in [0.05, 0.1) is 31.6 Å². The highest BCUT2D eigenvalue weighted by molar-refractivity contribution is 7.46. The van der Waals surface area contributed by atoms with Gasteiger partial charge in [0.2, 0.25) is 5.95 Å². The molecule has 4 N–H and O–H groups in total. The smallest absolute Gasteiger partial charge is 0.469 e. The largest absolute Gasteiger partial charge is 0.495 e. The topological polar surface area (TPSA) is 166 Å². The molecule has 2 aliphatic carbocycles. The minimum atomic E-state index is -4.56. The van der Waals surface area contributed by atoms with E-state index in [4.69, 9.17) is 19.0 Å². The molecule has 1 aromatic heterocycles. The van der Waals surface area contributed by atoms with Crippen LogP contribution in [0.4, 0.5) is 31.9 Å². The van der Waals surface area contributed by atoms with Crippen LogP contribution in [0.3, 0.4) is 0 Å². The second kappa shape index (κ2) is 12.9. The number of carbonyl (C=O) groups excluding carboxylic acids is 2. The Morgan fingerprint density at radius 3 is 2.48 bits per heavy atom. The van der Waals surface area contributed by atoms with Crippen LogP contribution >= 0.6 is 7.82 Å². The Bertz CT molecular complexity index is 1430. The maximum atomic E-state index is 15.0. The number of benzene rings is 1. The van der Waals surface area contributed by atoms with Crippen molar-refractivity contribution in [1.29, 1.82) is 0 Å². The molecule has 13 nitrogen and oxygen atoms in total. The molecule has 1 aliphatic heterocycles. The van der Waals surface area contributed by atoms with E-state index < -0.39 is 32.3 Å². The van der Waals surface area contributed by atoms with Gasteiger partial charge in [-0.15, -0.1) is 0 Å². The number of ether oxygens (including phenoxy) is 1. The Hall–Kier alpha value is -3.39. The van der Waals surface area contributed by atoms with E-state index in [9.17, 15) is 22.9 Å². The van der Waals surface area contributed by atoms with Crippen molar-refractivity contribution in [2.24, 2.45) is 0 Å². The van der Waals surface area contributed by atoms with Gasteiger partial charge >= 0.3 is 13.7 Å². The van der Waals surface area contributed by atoms with Gasteiger partial charge in [0.1, 0.15) is 11.4 Å². The lowest BCUT2D eigenvalue weighted by Crippen LogP contribution is -2.49. The van der Waals surface area contributed by atoms with Gasteiger partial charge in [-0.05, 0) is 56.7 Å². The van der Waals surface area contributed by atoms with Crippen LogP contribution in [0.1, 0.15) is 68.1 Å². The van der Waals surface area contributed by atoms with Crippen molar-refractivity contribution >= 4 is 42.8 Å². The van der Waals surface area contributed by atoms with Gasteiger partial charge in [0.15, 0.2) is 5.82 Å². The summed E-state index contributed by atoms with van der Waals surface area (Å²) in [4.78, 5) is 54.9. The summed E-state index contributed by atoms with van der Waals surface area (Å²) in [6, 6.07) is 4.39. The molecular formula is C28H37F2N6O7P. The predicted octanol–water partition coefficient (Wildman–Crippen LogP) is 4.13. The summed E-state index contributed by atoms with van der Waals surface area (Å²) in [6.07, 6.45) is 6.92. The van der Waals surface area contributed by atoms with Crippen molar-refractivity contribution in [2.75, 3.05) is 35.8 Å². The van der Waals surface area contributed by atoms with E-state index in [2.05, 4.69) is 20.6 Å². The van der Waals surface area contributed by atoms with Crippen LogP contribution in [0.25, 0.3) is 0 Å². The fourth-order valence-electron chi connectivity index (χ4n) is 6.11. The van der Waals surface area contributed by atoms with Gasteiger partial charge in [-0.1, -0.05) is 19.3 Å². The zero-order valence-corrected chi connectivity index (χ0v) is 25.4. The quantitative estimate of drug-likeness (QED) is 0.307. The zero-order valence-electron chi connectivity index (χ0n) is 24.5. The Kier molecular flexibility index (Phi) is 9.40. The van der Waals surface area contributed by atoms with Crippen LogP contribution in [0, 0.1) is 0 Å². The van der Waals surface area contributed by atoms with Crippen LogP contribution in [0.5, 0.6) is 5.75 Å². The van der Waals surface area contributed by atoms with Crippen molar-refractivity contribution in [2.45, 2.75) is 81.9 Å². The number of nitrogens with zero attached hydrogens (tertiary/aromatic N) is 4. The molecule has 0 unspecified atom stereocenters. The number of anilines is 4. The van der Waals surface area contributed by atoms with Gasteiger partial charge < -0.3 is 35.0 Å². The van der Waals surface area contributed by atoms with E-state index in [1.165, 1.54) is 20.4 Å². The molecule has 2 heterocycles. The van der Waals surface area contributed by atoms with Crippen molar-refractivity contribution in [3.8, 4) is 5.75 Å². The summed E-state index contributed by atoms with van der Waals surface area (Å²) >= 11 is 0. The summed E-state index contributed by atoms with van der Waals surface area (Å²) in [7, 11) is -1.82. The molecule has 1 aromatic carbocycles. The first kappa shape index (κ1) is 32.0.